The number of hydrogen-bond acceptors (Lipinski definition) is 8. The molecule has 0 aromatic rings. The molecule has 0 rings (SSSR count). The monoisotopic (exact) mass is 858 g/mol. The molecule has 0 spiro atoms. The molecule has 0 N–H and O–H groups in total. The van der Waals surface area contributed by atoms with E-state index in [1.165, 1.54) is 51.4 Å². The first-order chi connectivity index (χ1) is 29.0. The third kappa shape index (κ3) is 44.5. The lowest BCUT2D eigenvalue weighted by molar-refractivity contribution is -0.870. The van der Waals surface area contributed by atoms with E-state index in [4.69, 9.17) is 18.5 Å². The quantitative estimate of drug-likeness (QED) is 0.0150. The standard InChI is InChI=1S/C50H84NO8P/c1-6-8-10-12-14-16-18-20-22-23-24-25-26-27-29-30-32-34-36-38-40-42-49(52)56-46-48(47-58-60(54,55)57-45-44-51(3,4)5)59-50(53)43-41-39-37-35-33-31-28-21-19-17-15-13-11-9-7-2/h9,11,13,15,17,19,21-23,25-26,28-30,34,36,48H,6-8,10,12,14,16,18,20,24,27,31-33,35,37-47H2,1-5H3/b11-9+,15-13+,19-17+,23-22+,26-25+,28-21+,30-29+,36-34+/t48-/m0/s1. The average molecular weight is 858 g/mol. The summed E-state index contributed by atoms with van der Waals surface area (Å²) in [5.41, 5.74) is 0. The average Bonchev–Trinajstić information content (AvgIpc) is 3.20. The number of rotatable bonds is 40. The lowest BCUT2D eigenvalue weighted by atomic mass is 10.1. The van der Waals surface area contributed by atoms with Crippen LogP contribution in [0.5, 0.6) is 0 Å². The molecule has 0 amide bonds. The van der Waals surface area contributed by atoms with Gasteiger partial charge in [-0.15, -0.1) is 0 Å². The summed E-state index contributed by atoms with van der Waals surface area (Å²) in [7, 11) is 1.10. The molecule has 0 aromatic heterocycles. The molecule has 0 saturated heterocycles. The summed E-state index contributed by atoms with van der Waals surface area (Å²) >= 11 is 0. The molecule has 9 nitrogen and oxygen atoms in total. The predicted molar refractivity (Wildman–Crippen MR) is 249 cm³/mol. The number of phosphoric acid groups is 1. The maximum Gasteiger partial charge on any atom is 0.306 e. The Morgan fingerprint density at radius 3 is 1.62 bits per heavy atom. The zero-order valence-corrected chi connectivity index (χ0v) is 39.3. The first-order valence-electron chi connectivity index (χ1n) is 23.0. The fourth-order valence-corrected chi connectivity index (χ4v) is 6.33. The molecule has 0 aromatic carbocycles. The van der Waals surface area contributed by atoms with Crippen molar-refractivity contribution in [1.82, 2.24) is 0 Å². The number of hydrogen-bond donors (Lipinski definition) is 0. The molecule has 0 aliphatic heterocycles. The highest BCUT2D eigenvalue weighted by atomic mass is 31.2. The number of phosphoric ester groups is 1. The van der Waals surface area contributed by atoms with E-state index < -0.39 is 32.5 Å². The summed E-state index contributed by atoms with van der Waals surface area (Å²) in [6.07, 6.45) is 54.5. The molecule has 0 aliphatic rings. The van der Waals surface area contributed by atoms with Gasteiger partial charge in [0.25, 0.3) is 7.82 Å². The van der Waals surface area contributed by atoms with Crippen molar-refractivity contribution in [3.05, 3.63) is 97.2 Å². The number of carbonyl (C=O) groups excluding carboxylic acids is 2. The van der Waals surface area contributed by atoms with Gasteiger partial charge in [0, 0.05) is 12.8 Å². The maximum absolute atomic E-state index is 12.7. The molecule has 0 aliphatic carbocycles. The number of esters is 2. The van der Waals surface area contributed by atoms with Crippen LogP contribution < -0.4 is 4.89 Å². The van der Waals surface area contributed by atoms with Crippen LogP contribution in [0.4, 0.5) is 0 Å². The Bertz CT molecular complexity index is 1340. The SMILES string of the molecule is CC/C=C/C=C/C=C/C=C/CCCCCCCC(=O)O[C@@H](COC(=O)CCC/C=C/C/C=C/C/C=C/C/C=C/CCCCCCCCC)COP(=O)([O-])OCC[N+](C)(C)C. The highest BCUT2D eigenvalue weighted by molar-refractivity contribution is 7.45. The minimum absolute atomic E-state index is 0.0502. The molecular weight excluding hydrogens is 774 g/mol. The van der Waals surface area contributed by atoms with E-state index in [9.17, 15) is 19.0 Å². The number of unbranched alkanes of at least 4 members (excludes halogenated alkanes) is 13. The Hall–Kier alpha value is -3.07. The summed E-state index contributed by atoms with van der Waals surface area (Å²) < 4.78 is 33.8. The first-order valence-corrected chi connectivity index (χ1v) is 24.5. The lowest BCUT2D eigenvalue weighted by Crippen LogP contribution is -2.37. The first kappa shape index (κ1) is 56.9. The number of carbonyl (C=O) groups is 2. The Balaban J connectivity index is 4.47. The van der Waals surface area contributed by atoms with Gasteiger partial charge in [-0.05, 0) is 70.6 Å². The summed E-state index contributed by atoms with van der Waals surface area (Å²) in [4.78, 5) is 37.5. The Labute approximate surface area is 366 Å². The number of allylic oxidation sites excluding steroid dienone is 16. The van der Waals surface area contributed by atoms with Gasteiger partial charge >= 0.3 is 11.9 Å². The predicted octanol–water partition coefficient (Wildman–Crippen LogP) is 12.7. The van der Waals surface area contributed by atoms with Gasteiger partial charge in [-0.25, -0.2) is 0 Å². The molecule has 0 radical (unpaired) electrons. The van der Waals surface area contributed by atoms with Gasteiger partial charge in [0.2, 0.25) is 0 Å². The zero-order chi connectivity index (χ0) is 44.3. The van der Waals surface area contributed by atoms with Crippen molar-refractivity contribution in [2.45, 2.75) is 161 Å². The van der Waals surface area contributed by atoms with Crippen LogP contribution in [-0.2, 0) is 32.7 Å². The number of ether oxygens (including phenoxy) is 2. The molecule has 0 bridgehead atoms. The van der Waals surface area contributed by atoms with Crippen LogP contribution in [0, 0.1) is 0 Å². The van der Waals surface area contributed by atoms with E-state index in [1.807, 2.05) is 51.5 Å². The van der Waals surface area contributed by atoms with Gasteiger partial charge in [-0.1, -0.05) is 169 Å². The van der Waals surface area contributed by atoms with Gasteiger partial charge in [0.05, 0.1) is 27.7 Å². The van der Waals surface area contributed by atoms with E-state index in [1.54, 1.807) is 0 Å². The third-order valence-electron chi connectivity index (χ3n) is 9.18. The van der Waals surface area contributed by atoms with Crippen molar-refractivity contribution < 1.29 is 42.1 Å². The van der Waals surface area contributed by atoms with Gasteiger partial charge in [-0.3, -0.25) is 14.2 Å². The molecule has 0 saturated carbocycles. The van der Waals surface area contributed by atoms with Gasteiger partial charge in [-0.2, -0.15) is 0 Å². The molecule has 0 heterocycles. The minimum atomic E-state index is -4.65. The van der Waals surface area contributed by atoms with E-state index in [0.717, 1.165) is 64.2 Å². The van der Waals surface area contributed by atoms with Gasteiger partial charge in [0.1, 0.15) is 19.8 Å². The highest BCUT2D eigenvalue weighted by Gasteiger charge is 2.21. The fourth-order valence-electron chi connectivity index (χ4n) is 5.60. The molecule has 10 heteroatoms. The number of likely N-dealkylation sites (N-methyl/N-ethyl adjacent to an activating group) is 1. The molecule has 2 atom stereocenters. The van der Waals surface area contributed by atoms with Crippen LogP contribution in [0.25, 0.3) is 0 Å². The summed E-state index contributed by atoms with van der Waals surface area (Å²) in [6.45, 7) is 3.97. The third-order valence-corrected chi connectivity index (χ3v) is 10.1. The van der Waals surface area contributed by atoms with Crippen LogP contribution in [0.1, 0.15) is 155 Å². The normalized spacial score (nSPS) is 14.4. The number of nitrogens with zero attached hydrogens (tertiary/aromatic N) is 1. The van der Waals surface area contributed by atoms with Crippen molar-refractivity contribution >= 4 is 19.8 Å². The fraction of sp³-hybridized carbons (Fsp3) is 0.640. The van der Waals surface area contributed by atoms with Gasteiger partial charge in [0.15, 0.2) is 6.10 Å². The minimum Gasteiger partial charge on any atom is -0.756 e. The van der Waals surface area contributed by atoms with E-state index in [-0.39, 0.29) is 26.1 Å². The van der Waals surface area contributed by atoms with Crippen molar-refractivity contribution in [2.75, 3.05) is 47.5 Å². The molecule has 0 fully saturated rings. The van der Waals surface area contributed by atoms with Crippen LogP contribution in [-0.4, -0.2) is 70.0 Å². The van der Waals surface area contributed by atoms with Crippen LogP contribution in [0.2, 0.25) is 0 Å². The summed E-state index contributed by atoms with van der Waals surface area (Å²) in [6, 6.07) is 0. The maximum atomic E-state index is 12.7. The highest BCUT2D eigenvalue weighted by Crippen LogP contribution is 2.38. The smallest absolute Gasteiger partial charge is 0.306 e. The Morgan fingerprint density at radius 1 is 0.550 bits per heavy atom. The Kier molecular flexibility index (Phi) is 39.2. The van der Waals surface area contributed by atoms with Crippen molar-refractivity contribution in [1.29, 1.82) is 0 Å². The van der Waals surface area contributed by atoms with Crippen molar-refractivity contribution in [3.63, 3.8) is 0 Å². The van der Waals surface area contributed by atoms with Crippen LogP contribution in [0.15, 0.2) is 97.2 Å². The molecule has 342 valence electrons. The summed E-state index contributed by atoms with van der Waals surface area (Å²) in [5, 5.41) is 0. The molecule has 1 unspecified atom stereocenters. The van der Waals surface area contributed by atoms with Crippen LogP contribution in [0.3, 0.4) is 0 Å². The zero-order valence-electron chi connectivity index (χ0n) is 38.4. The van der Waals surface area contributed by atoms with Crippen LogP contribution >= 0.6 is 7.82 Å². The molecule has 60 heavy (non-hydrogen) atoms. The van der Waals surface area contributed by atoms with Crippen molar-refractivity contribution in [3.8, 4) is 0 Å². The Morgan fingerprint density at radius 2 is 1.03 bits per heavy atom. The second kappa shape index (κ2) is 41.3. The lowest BCUT2D eigenvalue weighted by Gasteiger charge is -2.28. The largest absolute Gasteiger partial charge is 0.756 e. The number of quaternary nitrogens is 1. The topological polar surface area (TPSA) is 111 Å². The van der Waals surface area contributed by atoms with E-state index >= 15 is 0 Å². The second-order valence-electron chi connectivity index (χ2n) is 16.1. The second-order valence-corrected chi connectivity index (χ2v) is 17.5. The van der Waals surface area contributed by atoms with E-state index in [2.05, 4.69) is 80.7 Å². The van der Waals surface area contributed by atoms with Gasteiger partial charge < -0.3 is 27.9 Å². The summed E-state index contributed by atoms with van der Waals surface area (Å²) in [5.74, 6) is -0.937. The van der Waals surface area contributed by atoms with Crippen molar-refractivity contribution in [2.24, 2.45) is 0 Å². The molecular formula is C50H84NO8P. The van der Waals surface area contributed by atoms with E-state index in [0.29, 0.717) is 23.9 Å².